The van der Waals surface area contributed by atoms with E-state index in [-0.39, 0.29) is 0 Å². The molecule has 0 aliphatic heterocycles. The lowest BCUT2D eigenvalue weighted by Gasteiger charge is -2.10. The number of aryl methyl sites for hydroxylation is 2. The Balaban J connectivity index is 1.78. The van der Waals surface area contributed by atoms with E-state index in [1.165, 1.54) is 17.7 Å². The number of halogens is 3. The molecule has 120 valence electrons. The first kappa shape index (κ1) is 15.5. The number of aromatic nitrogens is 1. The molecule has 3 aromatic rings. The first-order chi connectivity index (χ1) is 10.9. The molecule has 0 amide bonds. The zero-order valence-electron chi connectivity index (χ0n) is 12.8. The second-order valence-corrected chi connectivity index (χ2v) is 5.51. The Bertz CT molecular complexity index is 832. The summed E-state index contributed by atoms with van der Waals surface area (Å²) in [5.74, 6) is 0.417. The minimum absolute atomic E-state index is 0.302. The molecule has 0 aliphatic rings. The third-order valence-corrected chi connectivity index (χ3v) is 3.97. The van der Waals surface area contributed by atoms with E-state index in [0.29, 0.717) is 12.4 Å². The van der Waals surface area contributed by atoms with Crippen molar-refractivity contribution < 1.29 is 17.9 Å². The number of ether oxygens (including phenoxy) is 1. The second-order valence-electron chi connectivity index (χ2n) is 5.51. The summed E-state index contributed by atoms with van der Waals surface area (Å²) in [5.41, 5.74) is 2.58. The first-order valence-electron chi connectivity index (χ1n) is 7.20. The summed E-state index contributed by atoms with van der Waals surface area (Å²) in [6.45, 7) is 2.35. The summed E-state index contributed by atoms with van der Waals surface area (Å²) in [7, 11) is 1.95. The van der Waals surface area contributed by atoms with Crippen molar-refractivity contribution in [2.24, 2.45) is 7.05 Å². The third-order valence-electron chi connectivity index (χ3n) is 3.97. The maximum atomic E-state index is 12.5. The SMILES string of the molecule is Cc1cccc2c1cc(COc1ccc(C(F)(F)F)cc1)n2C. The second kappa shape index (κ2) is 5.65. The van der Waals surface area contributed by atoms with Gasteiger partial charge in [-0.25, -0.2) is 0 Å². The Morgan fingerprint density at radius 1 is 1.04 bits per heavy atom. The highest BCUT2D eigenvalue weighted by molar-refractivity contribution is 5.84. The topological polar surface area (TPSA) is 14.2 Å². The van der Waals surface area contributed by atoms with Crippen molar-refractivity contribution in [3.05, 3.63) is 65.4 Å². The Hall–Kier alpha value is -2.43. The summed E-state index contributed by atoms with van der Waals surface area (Å²) in [6, 6.07) is 12.9. The molecule has 0 radical (unpaired) electrons. The summed E-state index contributed by atoms with van der Waals surface area (Å²) in [4.78, 5) is 0. The molecule has 5 heteroatoms. The van der Waals surface area contributed by atoms with Crippen molar-refractivity contribution in [3.63, 3.8) is 0 Å². The van der Waals surface area contributed by atoms with Crippen LogP contribution in [-0.4, -0.2) is 4.57 Å². The van der Waals surface area contributed by atoms with Crippen molar-refractivity contribution in [2.75, 3.05) is 0 Å². The van der Waals surface area contributed by atoms with Gasteiger partial charge in [-0.1, -0.05) is 12.1 Å². The zero-order valence-corrected chi connectivity index (χ0v) is 12.8. The van der Waals surface area contributed by atoms with Crippen molar-refractivity contribution >= 4 is 10.9 Å². The number of benzene rings is 2. The van der Waals surface area contributed by atoms with Gasteiger partial charge in [0.15, 0.2) is 0 Å². The smallest absolute Gasteiger partial charge is 0.416 e. The van der Waals surface area contributed by atoms with Gasteiger partial charge in [-0.3, -0.25) is 0 Å². The molecule has 0 bridgehead atoms. The van der Waals surface area contributed by atoms with E-state index in [0.717, 1.165) is 28.7 Å². The molecule has 0 spiro atoms. The van der Waals surface area contributed by atoms with Gasteiger partial charge in [-0.15, -0.1) is 0 Å². The zero-order chi connectivity index (χ0) is 16.6. The van der Waals surface area contributed by atoms with Crippen LogP contribution >= 0.6 is 0 Å². The summed E-state index contributed by atoms with van der Waals surface area (Å²) >= 11 is 0. The predicted molar refractivity (Wildman–Crippen MR) is 83.4 cm³/mol. The van der Waals surface area contributed by atoms with Crippen molar-refractivity contribution in [1.29, 1.82) is 0 Å². The van der Waals surface area contributed by atoms with E-state index in [2.05, 4.69) is 6.07 Å². The van der Waals surface area contributed by atoms with E-state index >= 15 is 0 Å². The first-order valence-corrected chi connectivity index (χ1v) is 7.20. The monoisotopic (exact) mass is 319 g/mol. The highest BCUT2D eigenvalue weighted by Crippen LogP contribution is 2.30. The van der Waals surface area contributed by atoms with E-state index in [1.807, 2.05) is 36.7 Å². The Morgan fingerprint density at radius 2 is 1.74 bits per heavy atom. The lowest BCUT2D eigenvalue weighted by Crippen LogP contribution is -2.05. The molecule has 1 aromatic heterocycles. The van der Waals surface area contributed by atoms with Gasteiger partial charge in [0.25, 0.3) is 0 Å². The lowest BCUT2D eigenvalue weighted by atomic mass is 10.1. The Morgan fingerprint density at radius 3 is 2.35 bits per heavy atom. The number of rotatable bonds is 3. The van der Waals surface area contributed by atoms with E-state index in [9.17, 15) is 13.2 Å². The molecule has 2 aromatic carbocycles. The van der Waals surface area contributed by atoms with Crippen LogP contribution in [0.4, 0.5) is 13.2 Å². The van der Waals surface area contributed by atoms with Crippen molar-refractivity contribution in [3.8, 4) is 5.75 Å². The number of fused-ring (bicyclic) bond motifs is 1. The minimum Gasteiger partial charge on any atom is -0.487 e. The van der Waals surface area contributed by atoms with Crippen LogP contribution in [-0.2, 0) is 19.8 Å². The molecule has 0 aliphatic carbocycles. The molecule has 3 rings (SSSR count). The maximum absolute atomic E-state index is 12.5. The fourth-order valence-electron chi connectivity index (χ4n) is 2.60. The molecule has 0 atom stereocenters. The van der Waals surface area contributed by atoms with Crippen LogP contribution in [0.15, 0.2) is 48.5 Å². The van der Waals surface area contributed by atoms with Gasteiger partial charge in [-0.05, 0) is 48.9 Å². The molecule has 23 heavy (non-hydrogen) atoms. The predicted octanol–water partition coefficient (Wildman–Crippen LogP) is 5.08. The van der Waals surface area contributed by atoms with Crippen LogP contribution in [0.3, 0.4) is 0 Å². The van der Waals surface area contributed by atoms with Gasteiger partial charge >= 0.3 is 6.18 Å². The fourth-order valence-corrected chi connectivity index (χ4v) is 2.60. The number of hydrogen-bond donors (Lipinski definition) is 0. The molecule has 2 nitrogen and oxygen atoms in total. The van der Waals surface area contributed by atoms with Gasteiger partial charge in [0.05, 0.1) is 11.3 Å². The van der Waals surface area contributed by atoms with E-state index in [1.54, 1.807) is 0 Å². The lowest BCUT2D eigenvalue weighted by molar-refractivity contribution is -0.137. The van der Waals surface area contributed by atoms with E-state index in [4.69, 9.17) is 4.74 Å². The van der Waals surface area contributed by atoms with Gasteiger partial charge in [0.2, 0.25) is 0 Å². The highest BCUT2D eigenvalue weighted by atomic mass is 19.4. The summed E-state index contributed by atoms with van der Waals surface area (Å²) in [5, 5.41) is 1.15. The van der Waals surface area contributed by atoms with Gasteiger partial charge < -0.3 is 9.30 Å². The molecule has 1 heterocycles. The van der Waals surface area contributed by atoms with Crippen LogP contribution < -0.4 is 4.74 Å². The van der Waals surface area contributed by atoms with Crippen molar-refractivity contribution in [2.45, 2.75) is 19.7 Å². The normalized spacial score (nSPS) is 11.9. The molecule has 0 N–H and O–H groups in total. The van der Waals surface area contributed by atoms with E-state index < -0.39 is 11.7 Å². The fraction of sp³-hybridized carbons (Fsp3) is 0.222. The molecular formula is C18H16F3NO. The molecule has 0 saturated heterocycles. The largest absolute Gasteiger partial charge is 0.487 e. The number of alkyl halides is 3. The van der Waals surface area contributed by atoms with Crippen LogP contribution in [0, 0.1) is 6.92 Å². The van der Waals surface area contributed by atoms with Gasteiger partial charge in [0.1, 0.15) is 12.4 Å². The Kier molecular flexibility index (Phi) is 3.80. The van der Waals surface area contributed by atoms with Crippen LogP contribution in [0.2, 0.25) is 0 Å². The van der Waals surface area contributed by atoms with Crippen LogP contribution in [0.1, 0.15) is 16.8 Å². The quantitative estimate of drug-likeness (QED) is 0.656. The number of hydrogen-bond acceptors (Lipinski definition) is 1. The maximum Gasteiger partial charge on any atom is 0.416 e. The molecular weight excluding hydrogens is 303 g/mol. The van der Waals surface area contributed by atoms with Crippen LogP contribution in [0.5, 0.6) is 5.75 Å². The summed E-state index contributed by atoms with van der Waals surface area (Å²) in [6.07, 6.45) is -4.33. The Labute approximate surface area is 132 Å². The third kappa shape index (κ3) is 3.04. The highest BCUT2D eigenvalue weighted by Gasteiger charge is 2.30. The van der Waals surface area contributed by atoms with Crippen LogP contribution in [0.25, 0.3) is 10.9 Å². The van der Waals surface area contributed by atoms with Crippen molar-refractivity contribution in [1.82, 2.24) is 4.57 Å². The molecule has 0 fully saturated rings. The summed E-state index contributed by atoms with van der Waals surface area (Å²) < 4.78 is 45.3. The average Bonchev–Trinajstić information content (AvgIpc) is 2.83. The standard InChI is InChI=1S/C18H16F3NO/c1-12-4-3-5-17-16(12)10-14(22(17)2)11-23-15-8-6-13(7-9-15)18(19,20)21/h3-10H,11H2,1-2H3. The molecule has 0 unspecified atom stereocenters. The van der Waals surface area contributed by atoms with Gasteiger partial charge in [-0.2, -0.15) is 13.2 Å². The average molecular weight is 319 g/mol. The minimum atomic E-state index is -4.33. The van der Waals surface area contributed by atoms with Gasteiger partial charge in [0, 0.05) is 18.0 Å². The number of nitrogens with zero attached hydrogens (tertiary/aromatic N) is 1. The molecule has 0 saturated carbocycles.